The maximum atomic E-state index is 8.54. The van der Waals surface area contributed by atoms with Gasteiger partial charge in [-0.2, -0.15) is 0 Å². The lowest BCUT2D eigenvalue weighted by Crippen LogP contribution is -2.10. The van der Waals surface area contributed by atoms with Crippen molar-refractivity contribution in [2.75, 3.05) is 9.80 Å². The van der Waals surface area contributed by atoms with Crippen molar-refractivity contribution in [1.82, 2.24) is 0 Å². The van der Waals surface area contributed by atoms with E-state index >= 15 is 0 Å². The van der Waals surface area contributed by atoms with Crippen molar-refractivity contribution in [3.8, 4) is 55.6 Å². The zero-order chi connectivity index (χ0) is 48.5. The molecule has 0 aliphatic heterocycles. The van der Waals surface area contributed by atoms with E-state index in [1.807, 2.05) is 84.9 Å². The van der Waals surface area contributed by atoms with Gasteiger partial charge < -0.3 is 9.80 Å². The highest BCUT2D eigenvalue weighted by Crippen LogP contribution is 2.40. The zero-order valence-corrected chi connectivity index (χ0v) is 33.7. The lowest BCUT2D eigenvalue weighted by molar-refractivity contribution is 1.28. The Morgan fingerprint density at radius 3 is 0.613 bits per heavy atom. The van der Waals surface area contributed by atoms with Gasteiger partial charge in [-0.3, -0.25) is 0 Å². The molecule has 10 aromatic rings. The molecule has 0 bridgehead atoms. The van der Waals surface area contributed by atoms with Crippen molar-refractivity contribution in [3.63, 3.8) is 0 Å². The number of rotatable bonds is 11. The van der Waals surface area contributed by atoms with Gasteiger partial charge in [0.15, 0.2) is 0 Å². The number of hydrogen-bond donors (Lipinski definition) is 0. The number of nitrogens with zero attached hydrogens (tertiary/aromatic N) is 2. The molecule has 0 fully saturated rings. The Bertz CT molecular complexity index is 3170. The highest BCUT2D eigenvalue weighted by Gasteiger charge is 2.16. The van der Waals surface area contributed by atoms with E-state index < -0.39 is 0 Å². The monoisotopic (exact) mass is 800 g/mol. The van der Waals surface area contributed by atoms with Gasteiger partial charge in [0, 0.05) is 34.1 Å². The van der Waals surface area contributed by atoms with Crippen LogP contribution in [0.4, 0.5) is 34.1 Å². The zero-order valence-electron chi connectivity index (χ0n) is 41.7. The molecule has 0 amide bonds. The fourth-order valence-electron chi connectivity index (χ4n) is 7.78. The quantitative estimate of drug-likeness (QED) is 0.129. The third kappa shape index (κ3) is 8.18. The van der Waals surface area contributed by atoms with E-state index in [0.717, 1.165) is 67.5 Å². The highest BCUT2D eigenvalue weighted by atomic mass is 15.1. The smallest absolute Gasteiger partial charge is 0.0629 e. The SMILES string of the molecule is [2H]c1cc([2H])c([2H])c(-c2ccc(N(c3ccc(-c4ccccc4)cc3)c3ccc(-c4ccc(N(c5ccc(-c6ccccc6)cc5)c5ccc(-c6c([2H])c([2H])cc([2H])c6[2H])cc5)cc4)cc3)cc2)c1[2H]. The van der Waals surface area contributed by atoms with Gasteiger partial charge in [0.1, 0.15) is 0 Å². The van der Waals surface area contributed by atoms with Gasteiger partial charge in [0.05, 0.1) is 11.0 Å². The first-order chi connectivity index (χ1) is 34.0. The van der Waals surface area contributed by atoms with Gasteiger partial charge in [0.2, 0.25) is 0 Å². The molecular weight excluding hydrogens is 749 g/mol. The van der Waals surface area contributed by atoms with Crippen molar-refractivity contribution >= 4 is 34.1 Å². The topological polar surface area (TPSA) is 6.48 Å². The van der Waals surface area contributed by atoms with Crippen molar-refractivity contribution in [2.24, 2.45) is 0 Å². The van der Waals surface area contributed by atoms with Crippen LogP contribution >= 0.6 is 0 Å². The standard InChI is InChI=1S/C60H44N2/c1-5-13-45(14-6-1)49-21-33-55(34-22-49)61(56-35-23-50(24-36-56)46-15-7-2-8-16-46)59-41-29-53(30-42-59)54-31-43-60(44-32-54)62(57-37-25-51(26-38-57)47-17-9-3-10-18-47)58-39-27-52(28-40-58)48-19-11-4-12-20-48/h1-44H/i5D,6D,9D,10D,13D,14D,17D,18D. The molecule has 2 heteroatoms. The number of anilines is 6. The molecule has 294 valence electrons. The Kier molecular flexibility index (Phi) is 8.48. The lowest BCUT2D eigenvalue weighted by atomic mass is 10.0. The molecule has 0 atom stereocenters. The fourth-order valence-corrected chi connectivity index (χ4v) is 7.78. The molecule has 0 radical (unpaired) electrons. The van der Waals surface area contributed by atoms with Gasteiger partial charge in [-0.25, -0.2) is 0 Å². The number of hydrogen-bond acceptors (Lipinski definition) is 2. The molecule has 2 nitrogen and oxygen atoms in total. The van der Waals surface area contributed by atoms with Gasteiger partial charge in [-0.05, 0) is 128 Å². The molecule has 0 aliphatic rings. The maximum absolute atomic E-state index is 8.54. The van der Waals surface area contributed by atoms with Crippen LogP contribution in [0.15, 0.2) is 267 Å². The Morgan fingerprint density at radius 1 is 0.194 bits per heavy atom. The van der Waals surface area contributed by atoms with Crippen LogP contribution in [-0.2, 0) is 0 Å². The van der Waals surface area contributed by atoms with Gasteiger partial charge in [-0.15, -0.1) is 0 Å². The van der Waals surface area contributed by atoms with Gasteiger partial charge in [0.25, 0.3) is 0 Å². The molecule has 10 rings (SSSR count). The minimum atomic E-state index is -0.0847. The summed E-state index contributed by atoms with van der Waals surface area (Å²) in [6, 6.07) is 71.1. The molecule has 0 N–H and O–H groups in total. The van der Waals surface area contributed by atoms with Crippen LogP contribution in [0.25, 0.3) is 55.6 Å². The normalized spacial score (nSPS) is 12.7. The van der Waals surface area contributed by atoms with Crippen molar-refractivity contribution in [3.05, 3.63) is 267 Å². The maximum Gasteiger partial charge on any atom is 0.0629 e. The molecule has 0 heterocycles. The van der Waals surface area contributed by atoms with E-state index in [1.165, 1.54) is 12.1 Å². The lowest BCUT2D eigenvalue weighted by Gasteiger charge is -2.27. The molecule has 0 aliphatic carbocycles. The summed E-state index contributed by atoms with van der Waals surface area (Å²) in [6.07, 6.45) is 0. The fraction of sp³-hybridized carbons (Fsp3) is 0. The van der Waals surface area contributed by atoms with Crippen molar-refractivity contribution in [2.45, 2.75) is 0 Å². The summed E-state index contributed by atoms with van der Waals surface area (Å²) in [5, 5.41) is 0. The molecule has 0 unspecified atom stereocenters. The minimum Gasteiger partial charge on any atom is -0.311 e. The largest absolute Gasteiger partial charge is 0.311 e. The highest BCUT2D eigenvalue weighted by molar-refractivity contribution is 5.83. The molecule has 10 aromatic carbocycles. The second-order valence-corrected chi connectivity index (χ2v) is 14.8. The Labute approximate surface area is 376 Å². The summed E-state index contributed by atoms with van der Waals surface area (Å²) in [5.41, 5.74) is 13.6. The molecule has 0 spiro atoms. The third-order valence-corrected chi connectivity index (χ3v) is 11.0. The first kappa shape index (κ1) is 29.9. The van der Waals surface area contributed by atoms with E-state index in [0.29, 0.717) is 11.1 Å². The van der Waals surface area contributed by atoms with Crippen LogP contribution in [0.3, 0.4) is 0 Å². The number of benzene rings is 10. The first-order valence-corrected chi connectivity index (χ1v) is 20.5. The third-order valence-electron chi connectivity index (χ3n) is 11.0. The minimum absolute atomic E-state index is 0.0739. The van der Waals surface area contributed by atoms with E-state index in [-0.39, 0.29) is 59.5 Å². The summed E-state index contributed by atoms with van der Waals surface area (Å²) < 4.78 is 67.0. The second kappa shape index (κ2) is 17.6. The van der Waals surface area contributed by atoms with Gasteiger partial charge >= 0.3 is 0 Å². The summed E-state index contributed by atoms with van der Waals surface area (Å²) in [7, 11) is 0. The van der Waals surface area contributed by atoms with Crippen LogP contribution in [0.2, 0.25) is 0 Å². The molecular formula is C60H44N2. The molecule has 62 heavy (non-hydrogen) atoms. The van der Waals surface area contributed by atoms with Crippen LogP contribution < -0.4 is 9.80 Å². The average Bonchev–Trinajstić information content (AvgIpc) is 3.40. The second-order valence-electron chi connectivity index (χ2n) is 14.8. The van der Waals surface area contributed by atoms with Crippen molar-refractivity contribution < 1.29 is 11.0 Å². The van der Waals surface area contributed by atoms with Crippen molar-refractivity contribution in [1.29, 1.82) is 0 Å². The summed E-state index contributed by atoms with van der Waals surface area (Å²) in [5.74, 6) is 0. The van der Waals surface area contributed by atoms with E-state index in [4.69, 9.17) is 11.0 Å². The Morgan fingerprint density at radius 2 is 0.387 bits per heavy atom. The first-order valence-electron chi connectivity index (χ1n) is 24.5. The Hall–Kier alpha value is -8.20. The molecule has 0 aromatic heterocycles. The van der Waals surface area contributed by atoms with Crippen LogP contribution in [0.1, 0.15) is 11.0 Å². The predicted molar refractivity (Wildman–Crippen MR) is 263 cm³/mol. The van der Waals surface area contributed by atoms with E-state index in [2.05, 4.69) is 131 Å². The molecule has 0 saturated carbocycles. The van der Waals surface area contributed by atoms with Crippen LogP contribution in [0, 0.1) is 0 Å². The summed E-state index contributed by atoms with van der Waals surface area (Å²) in [6.45, 7) is 0. The Balaban J connectivity index is 0.983. The van der Waals surface area contributed by atoms with Gasteiger partial charge in [-0.1, -0.05) is 194 Å². The summed E-state index contributed by atoms with van der Waals surface area (Å²) >= 11 is 0. The van der Waals surface area contributed by atoms with Crippen LogP contribution in [0.5, 0.6) is 0 Å². The van der Waals surface area contributed by atoms with E-state index in [9.17, 15) is 0 Å². The summed E-state index contributed by atoms with van der Waals surface area (Å²) in [4.78, 5) is 4.31. The van der Waals surface area contributed by atoms with Crippen LogP contribution in [-0.4, -0.2) is 0 Å². The van der Waals surface area contributed by atoms with E-state index in [1.54, 1.807) is 0 Å². The molecule has 0 saturated heterocycles. The predicted octanol–water partition coefficient (Wildman–Crippen LogP) is 17.0. The average molecular weight is 801 g/mol.